The summed E-state index contributed by atoms with van der Waals surface area (Å²) in [5, 5.41) is 0. The summed E-state index contributed by atoms with van der Waals surface area (Å²) in [7, 11) is 0. The van der Waals surface area contributed by atoms with Crippen LogP contribution in [0.1, 0.15) is 31.0 Å². The minimum absolute atomic E-state index is 0.183. The normalized spacial score (nSPS) is 22.4. The van der Waals surface area contributed by atoms with Gasteiger partial charge in [-0.1, -0.05) is 24.3 Å². The smallest absolute Gasteiger partial charge is 0.0427 e. The second kappa shape index (κ2) is 3.71. The van der Waals surface area contributed by atoms with Gasteiger partial charge in [-0.05, 0) is 25.0 Å². The number of fused-ring (bicyclic) bond motifs is 1. The molecule has 1 aliphatic heterocycles. The predicted octanol–water partition coefficient (Wildman–Crippen LogP) is 1.91. The summed E-state index contributed by atoms with van der Waals surface area (Å²) in [5.74, 6) is 0. The number of nitrogens with two attached hydrogens (primary N) is 1. The predicted molar refractivity (Wildman–Crippen MR) is 58.9 cm³/mol. The summed E-state index contributed by atoms with van der Waals surface area (Å²) in [5.41, 5.74) is 8.85. The van der Waals surface area contributed by atoms with Gasteiger partial charge >= 0.3 is 0 Å². The maximum absolute atomic E-state index is 6.13. The van der Waals surface area contributed by atoms with Gasteiger partial charge in [-0.15, -0.1) is 0 Å². The lowest BCUT2D eigenvalue weighted by atomic mass is 9.95. The van der Waals surface area contributed by atoms with Crippen molar-refractivity contribution < 1.29 is 0 Å². The van der Waals surface area contributed by atoms with Crippen molar-refractivity contribution in [3.8, 4) is 0 Å². The van der Waals surface area contributed by atoms with Crippen LogP contribution in [-0.2, 0) is 6.54 Å². The van der Waals surface area contributed by atoms with E-state index in [1.165, 1.54) is 11.1 Å². The highest BCUT2D eigenvalue weighted by molar-refractivity contribution is 5.32. The molecule has 1 unspecified atom stereocenters. The first-order chi connectivity index (χ1) is 6.68. The van der Waals surface area contributed by atoms with Crippen molar-refractivity contribution in [1.29, 1.82) is 0 Å². The molecule has 2 nitrogen and oxygen atoms in total. The number of rotatable bonds is 1. The molecule has 0 spiro atoms. The van der Waals surface area contributed by atoms with E-state index < -0.39 is 0 Å². The molecule has 1 aromatic carbocycles. The standard InChI is InChI=1S/C12H18N2/c1-9(2)14-7-10-5-3-4-6-11(10)12(13)8-14/h3-6,9,12H,7-8,13H2,1-2H3. The summed E-state index contributed by atoms with van der Waals surface area (Å²) in [4.78, 5) is 2.42. The van der Waals surface area contributed by atoms with Gasteiger partial charge in [-0.25, -0.2) is 0 Å². The van der Waals surface area contributed by atoms with Crippen LogP contribution in [0.25, 0.3) is 0 Å². The van der Waals surface area contributed by atoms with Gasteiger partial charge in [0.05, 0.1) is 0 Å². The van der Waals surface area contributed by atoms with E-state index in [0.29, 0.717) is 6.04 Å². The number of hydrogen-bond donors (Lipinski definition) is 1. The van der Waals surface area contributed by atoms with Gasteiger partial charge < -0.3 is 5.73 Å². The molecule has 2 rings (SSSR count). The van der Waals surface area contributed by atoms with E-state index in [4.69, 9.17) is 5.73 Å². The second-order valence-corrected chi connectivity index (χ2v) is 4.33. The van der Waals surface area contributed by atoms with Crippen LogP contribution in [0, 0.1) is 0 Å². The van der Waals surface area contributed by atoms with E-state index in [1.54, 1.807) is 0 Å². The third kappa shape index (κ3) is 1.68. The Morgan fingerprint density at radius 2 is 2.07 bits per heavy atom. The van der Waals surface area contributed by atoms with Crippen LogP contribution in [0.3, 0.4) is 0 Å². The SMILES string of the molecule is CC(C)N1Cc2ccccc2C(N)C1. The van der Waals surface area contributed by atoms with Crippen LogP contribution in [0.15, 0.2) is 24.3 Å². The molecule has 0 saturated carbocycles. The zero-order valence-corrected chi connectivity index (χ0v) is 8.90. The lowest BCUT2D eigenvalue weighted by Gasteiger charge is -2.35. The Bertz CT molecular complexity index is 320. The Hall–Kier alpha value is -0.860. The third-order valence-corrected chi connectivity index (χ3v) is 2.99. The Kier molecular flexibility index (Phi) is 2.57. The molecule has 0 saturated heterocycles. The van der Waals surface area contributed by atoms with Crippen molar-refractivity contribution in [1.82, 2.24) is 4.90 Å². The summed E-state index contributed by atoms with van der Waals surface area (Å²) in [6.07, 6.45) is 0. The first-order valence-corrected chi connectivity index (χ1v) is 5.26. The number of hydrogen-bond acceptors (Lipinski definition) is 2. The fourth-order valence-corrected chi connectivity index (χ4v) is 2.07. The fraction of sp³-hybridized carbons (Fsp3) is 0.500. The van der Waals surface area contributed by atoms with E-state index in [0.717, 1.165) is 13.1 Å². The molecule has 0 radical (unpaired) electrons. The molecule has 0 aliphatic carbocycles. The molecule has 1 heterocycles. The Labute approximate surface area is 85.7 Å². The zero-order valence-electron chi connectivity index (χ0n) is 8.90. The van der Waals surface area contributed by atoms with Crippen molar-refractivity contribution in [3.63, 3.8) is 0 Å². The van der Waals surface area contributed by atoms with Crippen molar-refractivity contribution in [2.75, 3.05) is 6.54 Å². The van der Waals surface area contributed by atoms with Gasteiger partial charge in [0.2, 0.25) is 0 Å². The van der Waals surface area contributed by atoms with E-state index >= 15 is 0 Å². The molecular formula is C12H18N2. The average molecular weight is 190 g/mol. The third-order valence-electron chi connectivity index (χ3n) is 2.99. The van der Waals surface area contributed by atoms with Crippen LogP contribution < -0.4 is 5.73 Å². The summed E-state index contributed by atoms with van der Waals surface area (Å²) in [6, 6.07) is 9.26. The summed E-state index contributed by atoms with van der Waals surface area (Å²) >= 11 is 0. The van der Waals surface area contributed by atoms with Crippen LogP contribution in [0.4, 0.5) is 0 Å². The Morgan fingerprint density at radius 3 is 2.79 bits per heavy atom. The van der Waals surface area contributed by atoms with Gasteiger partial charge in [0.25, 0.3) is 0 Å². The highest BCUT2D eigenvalue weighted by atomic mass is 15.2. The van der Waals surface area contributed by atoms with E-state index in [-0.39, 0.29) is 6.04 Å². The first kappa shape index (κ1) is 9.69. The molecule has 14 heavy (non-hydrogen) atoms. The van der Waals surface area contributed by atoms with E-state index in [2.05, 4.69) is 43.0 Å². The molecular weight excluding hydrogens is 172 g/mol. The van der Waals surface area contributed by atoms with Gasteiger partial charge in [0.15, 0.2) is 0 Å². The summed E-state index contributed by atoms with van der Waals surface area (Å²) in [6.45, 7) is 6.47. The van der Waals surface area contributed by atoms with Crippen LogP contribution in [0.5, 0.6) is 0 Å². The largest absolute Gasteiger partial charge is 0.323 e. The van der Waals surface area contributed by atoms with Gasteiger partial charge in [0, 0.05) is 25.2 Å². The van der Waals surface area contributed by atoms with Crippen molar-refractivity contribution in [3.05, 3.63) is 35.4 Å². The van der Waals surface area contributed by atoms with Crippen molar-refractivity contribution >= 4 is 0 Å². The zero-order chi connectivity index (χ0) is 10.1. The maximum Gasteiger partial charge on any atom is 0.0427 e. The lowest BCUT2D eigenvalue weighted by molar-refractivity contribution is 0.185. The molecule has 2 heteroatoms. The van der Waals surface area contributed by atoms with Crippen LogP contribution >= 0.6 is 0 Å². The van der Waals surface area contributed by atoms with Crippen LogP contribution in [-0.4, -0.2) is 17.5 Å². The Morgan fingerprint density at radius 1 is 1.36 bits per heavy atom. The number of benzene rings is 1. The average Bonchev–Trinajstić information content (AvgIpc) is 2.17. The van der Waals surface area contributed by atoms with E-state index in [1.807, 2.05) is 0 Å². The monoisotopic (exact) mass is 190 g/mol. The van der Waals surface area contributed by atoms with Gasteiger partial charge in [-0.3, -0.25) is 4.90 Å². The number of nitrogens with zero attached hydrogens (tertiary/aromatic N) is 1. The molecule has 1 aliphatic rings. The van der Waals surface area contributed by atoms with Gasteiger partial charge in [-0.2, -0.15) is 0 Å². The van der Waals surface area contributed by atoms with Crippen molar-refractivity contribution in [2.45, 2.75) is 32.5 Å². The first-order valence-electron chi connectivity index (χ1n) is 5.26. The fourth-order valence-electron chi connectivity index (χ4n) is 2.07. The lowest BCUT2D eigenvalue weighted by Crippen LogP contribution is -2.40. The highest BCUT2D eigenvalue weighted by Crippen LogP contribution is 2.25. The topological polar surface area (TPSA) is 29.3 Å². The molecule has 0 fully saturated rings. The maximum atomic E-state index is 6.13. The molecule has 1 atom stereocenters. The van der Waals surface area contributed by atoms with Gasteiger partial charge in [0.1, 0.15) is 0 Å². The molecule has 76 valence electrons. The van der Waals surface area contributed by atoms with Crippen LogP contribution in [0.2, 0.25) is 0 Å². The quantitative estimate of drug-likeness (QED) is 0.733. The highest BCUT2D eigenvalue weighted by Gasteiger charge is 2.23. The molecule has 0 aromatic heterocycles. The van der Waals surface area contributed by atoms with E-state index in [9.17, 15) is 0 Å². The minimum atomic E-state index is 0.183. The van der Waals surface area contributed by atoms with Crippen molar-refractivity contribution in [2.24, 2.45) is 5.73 Å². The Balaban J connectivity index is 2.29. The molecule has 2 N–H and O–H groups in total. The minimum Gasteiger partial charge on any atom is -0.323 e. The molecule has 1 aromatic rings. The summed E-state index contributed by atoms with van der Waals surface area (Å²) < 4.78 is 0. The second-order valence-electron chi connectivity index (χ2n) is 4.33. The molecule has 0 amide bonds. The molecule has 0 bridgehead atoms.